The minimum atomic E-state index is -3.65. The Kier molecular flexibility index (Phi) is 9.33. The zero-order chi connectivity index (χ0) is 22.1. The lowest BCUT2D eigenvalue weighted by molar-refractivity contribution is -0.121. The molecule has 0 spiro atoms. The van der Waals surface area contributed by atoms with Crippen molar-refractivity contribution >= 4 is 45.0 Å². The van der Waals surface area contributed by atoms with Crippen molar-refractivity contribution in [3.05, 3.63) is 59.1 Å². The predicted molar refractivity (Wildman–Crippen MR) is 125 cm³/mol. The van der Waals surface area contributed by atoms with Gasteiger partial charge in [-0.3, -0.25) is 9.10 Å². The average Bonchev–Trinajstić information content (AvgIpc) is 2.69. The summed E-state index contributed by atoms with van der Waals surface area (Å²) < 4.78 is 31.2. The first-order valence-corrected chi connectivity index (χ1v) is 12.9. The van der Waals surface area contributed by atoms with Gasteiger partial charge in [-0.05, 0) is 49.7 Å². The second-order valence-electron chi connectivity index (χ2n) is 6.60. The highest BCUT2D eigenvalue weighted by molar-refractivity contribution is 7.98. The van der Waals surface area contributed by atoms with Crippen molar-refractivity contribution < 1.29 is 17.9 Å². The molecule has 0 fully saturated rings. The van der Waals surface area contributed by atoms with Crippen LogP contribution in [0.4, 0.5) is 5.69 Å². The number of hydrogen-bond acceptors (Lipinski definition) is 5. The van der Waals surface area contributed by atoms with Crippen LogP contribution in [0.3, 0.4) is 0 Å². The molecule has 2 aromatic carbocycles. The molecule has 0 aliphatic carbocycles. The van der Waals surface area contributed by atoms with Crippen LogP contribution in [0, 0.1) is 0 Å². The Balaban J connectivity index is 1.93. The third kappa shape index (κ3) is 7.11. The number of nitrogens with zero attached hydrogens (tertiary/aromatic N) is 1. The highest BCUT2D eigenvalue weighted by Gasteiger charge is 2.28. The monoisotopic (exact) mass is 470 g/mol. The minimum Gasteiger partial charge on any atom is -0.494 e. The van der Waals surface area contributed by atoms with Gasteiger partial charge in [0.1, 0.15) is 11.8 Å². The van der Waals surface area contributed by atoms with Gasteiger partial charge in [-0.2, -0.15) is 11.8 Å². The largest absolute Gasteiger partial charge is 0.494 e. The van der Waals surface area contributed by atoms with Crippen molar-refractivity contribution in [3.63, 3.8) is 0 Å². The number of carbonyl (C=O) groups excluding carboxylic acids is 1. The van der Waals surface area contributed by atoms with Crippen molar-refractivity contribution in [1.82, 2.24) is 5.32 Å². The van der Waals surface area contributed by atoms with E-state index in [9.17, 15) is 13.2 Å². The van der Waals surface area contributed by atoms with E-state index in [4.69, 9.17) is 16.3 Å². The van der Waals surface area contributed by atoms with Gasteiger partial charge in [0.15, 0.2) is 0 Å². The third-order valence-electron chi connectivity index (χ3n) is 4.25. The van der Waals surface area contributed by atoms with Crippen LogP contribution < -0.4 is 14.4 Å². The van der Waals surface area contributed by atoms with Crippen molar-refractivity contribution in [1.29, 1.82) is 0 Å². The molecule has 9 heteroatoms. The van der Waals surface area contributed by atoms with Crippen molar-refractivity contribution in [3.8, 4) is 5.75 Å². The van der Waals surface area contributed by atoms with Crippen LogP contribution in [0.25, 0.3) is 0 Å². The molecule has 0 aliphatic heterocycles. The Morgan fingerprint density at radius 3 is 2.47 bits per heavy atom. The topological polar surface area (TPSA) is 75.7 Å². The molecule has 0 saturated heterocycles. The normalized spacial score (nSPS) is 12.3. The smallest absolute Gasteiger partial charge is 0.243 e. The summed E-state index contributed by atoms with van der Waals surface area (Å²) in [5.74, 6) is 1.72. The van der Waals surface area contributed by atoms with Crippen LogP contribution in [0.1, 0.15) is 19.4 Å². The number of ether oxygens (including phenoxy) is 1. The first kappa shape index (κ1) is 24.4. The zero-order valence-corrected chi connectivity index (χ0v) is 19.7. The number of hydrogen-bond donors (Lipinski definition) is 1. The van der Waals surface area contributed by atoms with Gasteiger partial charge in [-0.25, -0.2) is 8.42 Å². The van der Waals surface area contributed by atoms with Gasteiger partial charge in [-0.15, -0.1) is 0 Å². The van der Waals surface area contributed by atoms with Crippen molar-refractivity contribution in [2.45, 2.75) is 25.6 Å². The minimum absolute atomic E-state index is 0.354. The summed E-state index contributed by atoms with van der Waals surface area (Å²) in [6, 6.07) is 13.4. The highest BCUT2D eigenvalue weighted by Crippen LogP contribution is 2.24. The van der Waals surface area contributed by atoms with Crippen molar-refractivity contribution in [2.75, 3.05) is 29.5 Å². The molecule has 30 heavy (non-hydrogen) atoms. The molecular formula is C21H27ClN2O4S2. The van der Waals surface area contributed by atoms with Crippen LogP contribution in [0.5, 0.6) is 5.75 Å². The van der Waals surface area contributed by atoms with Gasteiger partial charge in [0.2, 0.25) is 15.9 Å². The Labute approximate surface area is 188 Å². The number of nitrogens with one attached hydrogen (secondary N) is 1. The molecule has 0 aromatic heterocycles. The highest BCUT2D eigenvalue weighted by atomic mass is 35.5. The van der Waals surface area contributed by atoms with E-state index in [2.05, 4.69) is 5.32 Å². The van der Waals surface area contributed by atoms with E-state index in [1.54, 1.807) is 43.0 Å². The van der Waals surface area contributed by atoms with Gasteiger partial charge < -0.3 is 10.1 Å². The Morgan fingerprint density at radius 1 is 1.20 bits per heavy atom. The number of anilines is 1. The van der Waals surface area contributed by atoms with Crippen LogP contribution in [-0.4, -0.2) is 45.5 Å². The summed E-state index contributed by atoms with van der Waals surface area (Å²) in [6.07, 6.45) is 1.09. The summed E-state index contributed by atoms with van der Waals surface area (Å²) in [6.45, 7) is 4.39. The quantitative estimate of drug-likeness (QED) is 0.503. The summed E-state index contributed by atoms with van der Waals surface area (Å²) in [4.78, 5) is 12.6. The molecule has 1 N–H and O–H groups in total. The molecule has 0 aliphatic rings. The number of halogens is 1. The SMILES string of the molecule is CCOc1ccc(N([C@@H](C)C(=O)NCCSCc2ccccc2Cl)S(C)(=O)=O)cc1. The van der Waals surface area contributed by atoms with Gasteiger partial charge in [0.25, 0.3) is 0 Å². The molecule has 2 rings (SSSR count). The van der Waals surface area contributed by atoms with Crippen molar-refractivity contribution in [2.24, 2.45) is 0 Å². The average molecular weight is 471 g/mol. The predicted octanol–water partition coefficient (Wildman–Crippen LogP) is 3.94. The Hall–Kier alpha value is -1.90. The van der Waals surface area contributed by atoms with Gasteiger partial charge in [-0.1, -0.05) is 29.8 Å². The maximum atomic E-state index is 12.6. The lowest BCUT2D eigenvalue weighted by Gasteiger charge is -2.28. The summed E-state index contributed by atoms with van der Waals surface area (Å²) >= 11 is 7.78. The Morgan fingerprint density at radius 2 is 1.87 bits per heavy atom. The maximum absolute atomic E-state index is 12.6. The van der Waals surface area contributed by atoms with E-state index >= 15 is 0 Å². The van der Waals surface area contributed by atoms with Crippen LogP contribution in [-0.2, 0) is 20.6 Å². The summed E-state index contributed by atoms with van der Waals surface area (Å²) in [7, 11) is -3.65. The molecule has 0 saturated carbocycles. The van der Waals surface area contributed by atoms with Gasteiger partial charge in [0.05, 0.1) is 18.6 Å². The number of rotatable bonds is 11. The molecule has 1 amide bonds. The summed E-state index contributed by atoms with van der Waals surface area (Å²) in [5, 5.41) is 3.54. The van der Waals surface area contributed by atoms with E-state index in [-0.39, 0.29) is 5.91 Å². The van der Waals surface area contributed by atoms with Crippen LogP contribution >= 0.6 is 23.4 Å². The summed E-state index contributed by atoms with van der Waals surface area (Å²) in [5.41, 5.74) is 1.46. The van der Waals surface area contributed by atoms with Crippen LogP contribution in [0.15, 0.2) is 48.5 Å². The molecule has 0 radical (unpaired) electrons. The molecule has 2 aromatic rings. The maximum Gasteiger partial charge on any atom is 0.243 e. The Bertz CT molecular complexity index is 936. The molecular weight excluding hydrogens is 444 g/mol. The second kappa shape index (κ2) is 11.5. The van der Waals surface area contributed by atoms with Gasteiger partial charge in [0, 0.05) is 23.1 Å². The fourth-order valence-electron chi connectivity index (χ4n) is 2.86. The molecule has 6 nitrogen and oxygen atoms in total. The van der Waals surface area contributed by atoms with E-state index in [1.807, 2.05) is 31.2 Å². The molecule has 164 valence electrons. The number of sulfonamides is 1. The molecule has 1 atom stereocenters. The zero-order valence-electron chi connectivity index (χ0n) is 17.3. The number of thioether (sulfide) groups is 1. The van der Waals surface area contributed by atoms with E-state index in [1.165, 1.54) is 0 Å². The lowest BCUT2D eigenvalue weighted by atomic mass is 10.2. The third-order valence-corrected chi connectivity index (χ3v) is 6.87. The fourth-order valence-corrected chi connectivity index (χ4v) is 5.18. The van der Waals surface area contributed by atoms with E-state index in [0.717, 1.165) is 26.9 Å². The fraction of sp³-hybridized carbons (Fsp3) is 0.381. The number of benzene rings is 2. The van der Waals surface area contributed by atoms with Gasteiger partial charge >= 0.3 is 0 Å². The molecule has 0 unspecified atom stereocenters. The van der Waals surface area contributed by atoms with Crippen LogP contribution in [0.2, 0.25) is 5.02 Å². The molecule has 0 heterocycles. The first-order chi connectivity index (χ1) is 14.2. The standard InChI is InChI=1S/C21H27ClN2O4S2/c1-4-28-19-11-9-18(10-12-19)24(30(3,26)27)16(2)21(25)23-13-14-29-15-17-7-5-6-8-20(17)22/h5-12,16H,4,13-15H2,1-3H3,(H,23,25)/t16-/m0/s1. The lowest BCUT2D eigenvalue weighted by Crippen LogP contribution is -2.48. The second-order valence-corrected chi connectivity index (χ2v) is 9.97. The number of carbonyl (C=O) groups is 1. The van der Waals surface area contributed by atoms with E-state index in [0.29, 0.717) is 30.3 Å². The first-order valence-electron chi connectivity index (χ1n) is 9.55. The number of amides is 1. The van der Waals surface area contributed by atoms with E-state index < -0.39 is 16.1 Å². The molecule has 0 bridgehead atoms.